The number of pyridine rings is 1. The van der Waals surface area contributed by atoms with Crippen LogP contribution in [-0.4, -0.2) is 58.4 Å². The molecule has 0 saturated carbocycles. The van der Waals surface area contributed by atoms with Crippen molar-refractivity contribution in [3.8, 4) is 11.3 Å². The topological polar surface area (TPSA) is 102 Å². The van der Waals surface area contributed by atoms with Crippen molar-refractivity contribution in [2.45, 2.75) is 12.5 Å². The Morgan fingerprint density at radius 1 is 1.11 bits per heavy atom. The monoisotopic (exact) mass is 396 g/mol. The Hall–Kier alpha value is -3.07. The number of carbonyl (C=O) groups is 2. The summed E-state index contributed by atoms with van der Waals surface area (Å²) < 4.78 is 25.6. The third-order valence-electron chi connectivity index (χ3n) is 5.38. The standard InChI is InChI=1S/C19H16N4O4S/c1-22-18(24)13-9-20-17-15(14(13)19(22)25)16(11-5-3-2-4-6-11)21-23(17)12-7-8-28(26,27)10-12/h2-6,9,12H,7-8,10H2,1H3. The van der Waals surface area contributed by atoms with Crippen molar-refractivity contribution in [2.24, 2.45) is 0 Å². The second kappa shape index (κ2) is 5.71. The number of benzene rings is 1. The van der Waals surface area contributed by atoms with Crippen LogP contribution in [0.2, 0.25) is 0 Å². The number of nitrogens with zero attached hydrogens (tertiary/aromatic N) is 4. The summed E-state index contributed by atoms with van der Waals surface area (Å²) in [7, 11) is -1.69. The quantitative estimate of drug-likeness (QED) is 0.611. The van der Waals surface area contributed by atoms with Gasteiger partial charge >= 0.3 is 0 Å². The van der Waals surface area contributed by atoms with Crippen molar-refractivity contribution >= 4 is 32.7 Å². The van der Waals surface area contributed by atoms with Gasteiger partial charge in [-0.1, -0.05) is 30.3 Å². The van der Waals surface area contributed by atoms with Gasteiger partial charge in [-0.15, -0.1) is 0 Å². The van der Waals surface area contributed by atoms with Gasteiger partial charge in [-0.25, -0.2) is 18.1 Å². The lowest BCUT2D eigenvalue weighted by Crippen LogP contribution is -2.24. The first-order valence-electron chi connectivity index (χ1n) is 8.87. The number of amides is 2. The molecule has 0 spiro atoms. The maximum Gasteiger partial charge on any atom is 0.262 e. The molecule has 2 aliphatic heterocycles. The predicted octanol–water partition coefficient (Wildman–Crippen LogP) is 1.68. The van der Waals surface area contributed by atoms with E-state index in [2.05, 4.69) is 10.1 Å². The molecule has 0 radical (unpaired) electrons. The van der Waals surface area contributed by atoms with E-state index in [1.54, 1.807) is 4.68 Å². The van der Waals surface area contributed by atoms with E-state index in [1.165, 1.54) is 13.2 Å². The highest BCUT2D eigenvalue weighted by molar-refractivity contribution is 7.91. The summed E-state index contributed by atoms with van der Waals surface area (Å²) in [5.41, 5.74) is 2.26. The molecular weight excluding hydrogens is 380 g/mol. The second-order valence-corrected chi connectivity index (χ2v) is 9.36. The highest BCUT2D eigenvalue weighted by Gasteiger charge is 2.39. The third kappa shape index (κ3) is 2.32. The highest BCUT2D eigenvalue weighted by atomic mass is 32.2. The fourth-order valence-corrected chi connectivity index (χ4v) is 5.64. The van der Waals surface area contributed by atoms with Gasteiger partial charge < -0.3 is 0 Å². The van der Waals surface area contributed by atoms with Crippen LogP contribution in [0.4, 0.5) is 0 Å². The molecule has 1 unspecified atom stereocenters. The van der Waals surface area contributed by atoms with Gasteiger partial charge in [0.05, 0.1) is 34.1 Å². The first-order valence-corrected chi connectivity index (χ1v) is 10.7. The molecule has 2 aromatic heterocycles. The largest absolute Gasteiger partial charge is 0.277 e. The average molecular weight is 396 g/mol. The van der Waals surface area contributed by atoms with Gasteiger partial charge in [0, 0.05) is 18.8 Å². The smallest absolute Gasteiger partial charge is 0.262 e. The predicted molar refractivity (Wildman–Crippen MR) is 102 cm³/mol. The van der Waals surface area contributed by atoms with E-state index >= 15 is 0 Å². The number of imide groups is 1. The molecule has 1 aromatic carbocycles. The number of sulfone groups is 1. The van der Waals surface area contributed by atoms with Crippen molar-refractivity contribution in [3.05, 3.63) is 47.7 Å². The number of carbonyl (C=O) groups excluding carboxylic acids is 2. The summed E-state index contributed by atoms with van der Waals surface area (Å²) in [6, 6.07) is 8.97. The summed E-state index contributed by atoms with van der Waals surface area (Å²) in [4.78, 5) is 30.7. The van der Waals surface area contributed by atoms with Crippen molar-refractivity contribution in [3.63, 3.8) is 0 Å². The lowest BCUT2D eigenvalue weighted by Gasteiger charge is -2.09. The third-order valence-corrected chi connectivity index (χ3v) is 7.13. The Morgan fingerprint density at radius 3 is 2.54 bits per heavy atom. The molecule has 0 aliphatic carbocycles. The number of aromatic nitrogens is 3. The molecule has 2 aliphatic rings. The number of hydrogen-bond donors (Lipinski definition) is 0. The molecule has 1 atom stereocenters. The summed E-state index contributed by atoms with van der Waals surface area (Å²) in [5.74, 6) is -0.707. The molecule has 0 N–H and O–H groups in total. The molecule has 28 heavy (non-hydrogen) atoms. The second-order valence-electron chi connectivity index (χ2n) is 7.13. The zero-order chi connectivity index (χ0) is 19.6. The minimum absolute atomic E-state index is 0.0104. The lowest BCUT2D eigenvalue weighted by molar-refractivity contribution is 0.0693. The van der Waals surface area contributed by atoms with Crippen molar-refractivity contribution < 1.29 is 18.0 Å². The first-order chi connectivity index (χ1) is 13.4. The molecular formula is C19H16N4O4S. The van der Waals surface area contributed by atoms with E-state index in [0.29, 0.717) is 23.1 Å². The van der Waals surface area contributed by atoms with Crippen LogP contribution in [0.5, 0.6) is 0 Å². The minimum Gasteiger partial charge on any atom is -0.277 e. The van der Waals surface area contributed by atoms with Crippen LogP contribution in [0.25, 0.3) is 22.3 Å². The van der Waals surface area contributed by atoms with E-state index in [9.17, 15) is 18.0 Å². The number of rotatable bonds is 2. The molecule has 5 rings (SSSR count). The van der Waals surface area contributed by atoms with Gasteiger partial charge in [0.2, 0.25) is 0 Å². The van der Waals surface area contributed by atoms with E-state index < -0.39 is 21.7 Å². The summed E-state index contributed by atoms with van der Waals surface area (Å²) >= 11 is 0. The Labute approximate surface area is 160 Å². The normalized spacial score (nSPS) is 20.9. The highest BCUT2D eigenvalue weighted by Crippen LogP contribution is 2.37. The van der Waals surface area contributed by atoms with Gasteiger partial charge in [0.1, 0.15) is 5.69 Å². The van der Waals surface area contributed by atoms with E-state index in [0.717, 1.165) is 10.5 Å². The van der Waals surface area contributed by atoms with Gasteiger partial charge in [-0.3, -0.25) is 14.5 Å². The molecule has 142 valence electrons. The van der Waals surface area contributed by atoms with Crippen molar-refractivity contribution in [2.75, 3.05) is 18.6 Å². The Morgan fingerprint density at radius 2 is 1.86 bits per heavy atom. The zero-order valence-electron chi connectivity index (χ0n) is 15.0. The van der Waals surface area contributed by atoms with Gasteiger partial charge in [0.25, 0.3) is 11.8 Å². The molecule has 1 fully saturated rings. The number of hydrogen-bond acceptors (Lipinski definition) is 6. The number of fused-ring (bicyclic) bond motifs is 3. The van der Waals surface area contributed by atoms with Gasteiger partial charge in [-0.05, 0) is 6.42 Å². The summed E-state index contributed by atoms with van der Waals surface area (Å²) in [5, 5.41) is 5.17. The van der Waals surface area contributed by atoms with Crippen LogP contribution >= 0.6 is 0 Å². The molecule has 3 aromatic rings. The van der Waals surface area contributed by atoms with E-state index in [-0.39, 0.29) is 28.7 Å². The lowest BCUT2D eigenvalue weighted by atomic mass is 10.0. The van der Waals surface area contributed by atoms with Crippen LogP contribution in [0, 0.1) is 0 Å². The maximum atomic E-state index is 12.8. The minimum atomic E-state index is -3.13. The molecule has 4 heterocycles. The fourth-order valence-electron chi connectivity index (χ4n) is 3.95. The fraction of sp³-hybridized carbons (Fsp3) is 0.263. The summed E-state index contributed by atoms with van der Waals surface area (Å²) in [6.07, 6.45) is 1.83. The Kier molecular flexibility index (Phi) is 3.48. The molecule has 9 heteroatoms. The van der Waals surface area contributed by atoms with Crippen LogP contribution in [0.1, 0.15) is 33.2 Å². The van der Waals surface area contributed by atoms with E-state index in [1.807, 2.05) is 30.3 Å². The zero-order valence-corrected chi connectivity index (χ0v) is 15.8. The van der Waals surface area contributed by atoms with Crippen LogP contribution < -0.4 is 0 Å². The Balaban J connectivity index is 1.83. The van der Waals surface area contributed by atoms with Crippen molar-refractivity contribution in [1.82, 2.24) is 19.7 Å². The average Bonchev–Trinajstić information content (AvgIpc) is 3.31. The van der Waals surface area contributed by atoms with Crippen LogP contribution in [0.15, 0.2) is 36.5 Å². The van der Waals surface area contributed by atoms with Crippen molar-refractivity contribution in [1.29, 1.82) is 0 Å². The summed E-state index contributed by atoms with van der Waals surface area (Å²) in [6.45, 7) is 0. The Bertz CT molecular complexity index is 1260. The van der Waals surface area contributed by atoms with Crippen LogP contribution in [0.3, 0.4) is 0 Å². The maximum absolute atomic E-state index is 12.8. The molecule has 8 nitrogen and oxygen atoms in total. The SMILES string of the molecule is CN1C(=O)c2cnc3c(c(-c4ccccc4)nn3C3CCS(=O)(=O)C3)c2C1=O. The molecule has 0 bridgehead atoms. The molecule has 1 saturated heterocycles. The van der Waals surface area contributed by atoms with Crippen LogP contribution in [-0.2, 0) is 9.84 Å². The van der Waals surface area contributed by atoms with E-state index in [4.69, 9.17) is 0 Å². The first kappa shape index (κ1) is 17.1. The van der Waals surface area contributed by atoms with Gasteiger partial charge in [0.15, 0.2) is 15.5 Å². The van der Waals surface area contributed by atoms with Gasteiger partial charge in [-0.2, -0.15) is 5.10 Å². The molecule has 2 amide bonds.